The number of carboxylic acid groups (broad SMARTS) is 1. The van der Waals surface area contributed by atoms with E-state index < -0.39 is 22.0 Å². The number of rotatable bonds is 3. The Morgan fingerprint density at radius 3 is 2.72 bits per heavy atom. The number of aryl methyl sites for hydroxylation is 2. The highest BCUT2D eigenvalue weighted by Gasteiger charge is 2.41. The van der Waals surface area contributed by atoms with Crippen molar-refractivity contribution in [2.75, 3.05) is 11.6 Å². The molecule has 0 bridgehead atoms. The summed E-state index contributed by atoms with van der Waals surface area (Å²) in [5.41, 5.74) is 0.780. The Hall–Kier alpha value is -1.06. The van der Waals surface area contributed by atoms with Crippen molar-refractivity contribution in [3.8, 4) is 0 Å². The van der Waals surface area contributed by atoms with Crippen LogP contribution in [0.15, 0.2) is 4.90 Å². The van der Waals surface area contributed by atoms with Crippen LogP contribution < -0.4 is 0 Å². The van der Waals surface area contributed by atoms with Crippen molar-refractivity contribution in [2.45, 2.75) is 24.8 Å². The van der Waals surface area contributed by atoms with Crippen molar-refractivity contribution in [2.24, 2.45) is 0 Å². The molecule has 0 amide bonds. The molecule has 100 valence electrons. The van der Waals surface area contributed by atoms with Gasteiger partial charge in [0.15, 0.2) is 0 Å². The van der Waals surface area contributed by atoms with Gasteiger partial charge in [-0.1, -0.05) is 0 Å². The molecule has 1 saturated heterocycles. The maximum absolute atomic E-state index is 12.4. The highest BCUT2D eigenvalue weighted by atomic mass is 32.2. The van der Waals surface area contributed by atoms with Gasteiger partial charge in [-0.15, -0.1) is 11.8 Å². The van der Waals surface area contributed by atoms with Crippen LogP contribution in [0.2, 0.25) is 0 Å². The summed E-state index contributed by atoms with van der Waals surface area (Å²) < 4.78 is 25.9. The summed E-state index contributed by atoms with van der Waals surface area (Å²) in [5, 5.41) is 15.5. The molecule has 1 fully saturated rings. The maximum atomic E-state index is 12.4. The third kappa shape index (κ3) is 2.02. The zero-order chi connectivity index (χ0) is 13.5. The Bertz CT molecular complexity index is 561. The van der Waals surface area contributed by atoms with Crippen LogP contribution in [0.3, 0.4) is 0 Å². The van der Waals surface area contributed by atoms with E-state index in [0.717, 1.165) is 4.31 Å². The van der Waals surface area contributed by atoms with Gasteiger partial charge in [0, 0.05) is 5.75 Å². The van der Waals surface area contributed by atoms with Gasteiger partial charge in [0.2, 0.25) is 10.0 Å². The second kappa shape index (κ2) is 4.56. The number of H-pyrrole nitrogens is 1. The van der Waals surface area contributed by atoms with Crippen LogP contribution in [0, 0.1) is 13.8 Å². The molecule has 1 aromatic heterocycles. The van der Waals surface area contributed by atoms with Gasteiger partial charge in [0.1, 0.15) is 10.9 Å². The lowest BCUT2D eigenvalue weighted by atomic mass is 10.4. The minimum Gasteiger partial charge on any atom is -0.480 e. The van der Waals surface area contributed by atoms with Gasteiger partial charge in [-0.2, -0.15) is 9.40 Å². The lowest BCUT2D eigenvalue weighted by Crippen LogP contribution is -2.41. The van der Waals surface area contributed by atoms with Crippen molar-refractivity contribution in [3.05, 3.63) is 11.4 Å². The topological polar surface area (TPSA) is 103 Å². The van der Waals surface area contributed by atoms with E-state index in [0.29, 0.717) is 11.4 Å². The molecule has 0 saturated carbocycles. The molecule has 0 spiro atoms. The van der Waals surface area contributed by atoms with Crippen molar-refractivity contribution >= 4 is 27.8 Å². The molecule has 1 atom stereocenters. The molecule has 2 N–H and O–H groups in total. The molecule has 2 heterocycles. The van der Waals surface area contributed by atoms with Crippen LogP contribution in [0.25, 0.3) is 0 Å². The number of aromatic amines is 1. The number of thioether (sulfide) groups is 1. The fourth-order valence-corrected chi connectivity index (χ4v) is 5.37. The first-order chi connectivity index (χ1) is 8.35. The van der Waals surface area contributed by atoms with Gasteiger partial charge >= 0.3 is 5.97 Å². The van der Waals surface area contributed by atoms with E-state index in [-0.39, 0.29) is 16.5 Å². The zero-order valence-electron chi connectivity index (χ0n) is 9.87. The number of carboxylic acids is 1. The van der Waals surface area contributed by atoms with Crippen LogP contribution in [-0.2, 0) is 14.8 Å². The largest absolute Gasteiger partial charge is 0.480 e. The quantitative estimate of drug-likeness (QED) is 0.823. The summed E-state index contributed by atoms with van der Waals surface area (Å²) in [6.45, 7) is 3.18. The van der Waals surface area contributed by atoms with Gasteiger partial charge in [0.05, 0.1) is 17.3 Å². The molecule has 1 aromatic rings. The molecule has 0 radical (unpaired) electrons. The second-order valence-electron chi connectivity index (χ2n) is 4.01. The normalized spacial score (nSPS) is 21.3. The fourth-order valence-electron chi connectivity index (χ4n) is 1.90. The number of sulfonamides is 1. The maximum Gasteiger partial charge on any atom is 0.322 e. The summed E-state index contributed by atoms with van der Waals surface area (Å²) in [5.74, 6) is -0.698. The third-order valence-electron chi connectivity index (χ3n) is 2.75. The first-order valence-corrected chi connectivity index (χ1v) is 7.79. The Morgan fingerprint density at radius 2 is 2.22 bits per heavy atom. The van der Waals surface area contributed by atoms with Crippen LogP contribution in [0.5, 0.6) is 0 Å². The lowest BCUT2D eigenvalue weighted by Gasteiger charge is -2.20. The molecule has 2 rings (SSSR count). The standard InChI is InChI=1S/C9H13N3O4S2/c1-5-8(6(2)11-10-5)18(15,16)12-4-17-3-7(12)9(13)14/h7H,3-4H2,1-2H3,(H,10,11)(H,13,14)/t7-/m0/s1. The average molecular weight is 291 g/mol. The molecule has 7 nitrogen and oxygen atoms in total. The lowest BCUT2D eigenvalue weighted by molar-refractivity contribution is -0.140. The van der Waals surface area contributed by atoms with E-state index in [1.165, 1.54) is 11.8 Å². The first kappa shape index (κ1) is 13.4. The summed E-state index contributed by atoms with van der Waals surface area (Å²) in [6.07, 6.45) is 0. The molecule has 9 heteroatoms. The van der Waals surface area contributed by atoms with Crippen molar-refractivity contribution in [1.29, 1.82) is 0 Å². The summed E-state index contributed by atoms with van der Waals surface area (Å²) >= 11 is 1.29. The number of aliphatic carboxylic acids is 1. The first-order valence-electron chi connectivity index (χ1n) is 5.19. The average Bonchev–Trinajstić information content (AvgIpc) is 2.85. The molecule has 1 aliphatic heterocycles. The van der Waals surface area contributed by atoms with Crippen molar-refractivity contribution < 1.29 is 18.3 Å². The third-order valence-corrected chi connectivity index (χ3v) is 6.05. The molecular formula is C9H13N3O4S2. The van der Waals surface area contributed by atoms with Gasteiger partial charge < -0.3 is 5.11 Å². The number of nitrogens with one attached hydrogen (secondary N) is 1. The van der Waals surface area contributed by atoms with E-state index >= 15 is 0 Å². The van der Waals surface area contributed by atoms with E-state index in [1.54, 1.807) is 13.8 Å². The van der Waals surface area contributed by atoms with E-state index in [9.17, 15) is 13.2 Å². The Labute approximate surface area is 109 Å². The highest BCUT2D eigenvalue weighted by Crippen LogP contribution is 2.30. The second-order valence-corrected chi connectivity index (χ2v) is 6.84. The van der Waals surface area contributed by atoms with Crippen LogP contribution >= 0.6 is 11.8 Å². The predicted molar refractivity (Wildman–Crippen MR) is 65.8 cm³/mol. The fraction of sp³-hybridized carbons (Fsp3) is 0.556. The molecule has 0 unspecified atom stereocenters. The Kier molecular flexibility index (Phi) is 3.39. The van der Waals surface area contributed by atoms with Crippen molar-refractivity contribution in [1.82, 2.24) is 14.5 Å². The number of carbonyl (C=O) groups is 1. The minimum absolute atomic E-state index is 0.0799. The van der Waals surface area contributed by atoms with Gasteiger partial charge in [-0.25, -0.2) is 8.42 Å². The predicted octanol–water partition coefficient (Wildman–Crippen LogP) is 0.175. The summed E-state index contributed by atoms with van der Waals surface area (Å²) in [6, 6.07) is -1.01. The molecular weight excluding hydrogens is 278 g/mol. The molecule has 0 aromatic carbocycles. The number of hydrogen-bond acceptors (Lipinski definition) is 5. The zero-order valence-corrected chi connectivity index (χ0v) is 11.5. The van der Waals surface area contributed by atoms with E-state index in [2.05, 4.69) is 10.2 Å². The Balaban J connectivity index is 2.46. The van der Waals surface area contributed by atoms with E-state index in [4.69, 9.17) is 5.11 Å². The van der Waals surface area contributed by atoms with Gasteiger partial charge in [-0.3, -0.25) is 9.89 Å². The molecule has 1 aliphatic rings. The molecule has 18 heavy (non-hydrogen) atoms. The van der Waals surface area contributed by atoms with Crippen LogP contribution in [0.4, 0.5) is 0 Å². The summed E-state index contributed by atoms with van der Waals surface area (Å²) in [4.78, 5) is 11.1. The smallest absolute Gasteiger partial charge is 0.322 e. The van der Waals surface area contributed by atoms with E-state index in [1.807, 2.05) is 0 Å². The SMILES string of the molecule is Cc1n[nH]c(C)c1S(=O)(=O)N1CSC[C@H]1C(=O)O. The van der Waals surface area contributed by atoms with Crippen LogP contribution in [-0.4, -0.2) is 51.7 Å². The highest BCUT2D eigenvalue weighted by molar-refractivity contribution is 8.00. The number of aromatic nitrogens is 2. The van der Waals surface area contributed by atoms with Crippen molar-refractivity contribution in [3.63, 3.8) is 0 Å². The Morgan fingerprint density at radius 1 is 1.56 bits per heavy atom. The van der Waals surface area contributed by atoms with Gasteiger partial charge in [-0.05, 0) is 13.8 Å². The minimum atomic E-state index is -3.81. The number of hydrogen-bond donors (Lipinski definition) is 2. The van der Waals surface area contributed by atoms with Crippen LogP contribution in [0.1, 0.15) is 11.4 Å². The number of nitrogens with zero attached hydrogens (tertiary/aromatic N) is 2. The molecule has 0 aliphatic carbocycles. The van der Waals surface area contributed by atoms with Gasteiger partial charge in [0.25, 0.3) is 0 Å². The summed E-state index contributed by atoms with van der Waals surface area (Å²) in [7, 11) is -3.81. The monoisotopic (exact) mass is 291 g/mol.